The van der Waals surface area contributed by atoms with Gasteiger partial charge < -0.3 is 13.9 Å². The van der Waals surface area contributed by atoms with Gasteiger partial charge in [-0.3, -0.25) is 0 Å². The molecule has 0 saturated carbocycles. The summed E-state index contributed by atoms with van der Waals surface area (Å²) in [6.07, 6.45) is 0. The lowest BCUT2D eigenvalue weighted by atomic mass is 10.1. The quantitative estimate of drug-likeness (QED) is 0.651. The summed E-state index contributed by atoms with van der Waals surface area (Å²) in [7, 11) is 1.26. The second-order valence-electron chi connectivity index (χ2n) is 5.50. The van der Waals surface area contributed by atoms with E-state index in [-0.39, 0.29) is 17.7 Å². The molecule has 0 aliphatic carbocycles. The number of oxazole rings is 1. The summed E-state index contributed by atoms with van der Waals surface area (Å²) >= 11 is 0. The minimum atomic E-state index is -0.630. The molecule has 3 rings (SSSR count). The topological polar surface area (TPSA) is 78.6 Å². The molecule has 132 valence electrons. The first kappa shape index (κ1) is 17.4. The van der Waals surface area contributed by atoms with Gasteiger partial charge >= 0.3 is 11.9 Å². The van der Waals surface area contributed by atoms with Crippen molar-refractivity contribution in [2.24, 2.45) is 0 Å². The molecule has 6 heteroatoms. The summed E-state index contributed by atoms with van der Waals surface area (Å²) in [6.45, 7) is 1.70. The SMILES string of the molecule is COC(=O)c1ccccc1C(=O)OCc1nc(-c2ccccc2)oc1C. The second-order valence-corrected chi connectivity index (χ2v) is 5.50. The molecule has 0 atom stereocenters. The summed E-state index contributed by atoms with van der Waals surface area (Å²) in [5.41, 5.74) is 1.66. The van der Waals surface area contributed by atoms with E-state index in [1.165, 1.54) is 19.2 Å². The number of carbonyl (C=O) groups is 2. The Balaban J connectivity index is 1.75. The Kier molecular flexibility index (Phi) is 5.12. The van der Waals surface area contributed by atoms with Crippen LogP contribution in [0.4, 0.5) is 0 Å². The van der Waals surface area contributed by atoms with Gasteiger partial charge in [0.2, 0.25) is 5.89 Å². The van der Waals surface area contributed by atoms with Gasteiger partial charge in [-0.15, -0.1) is 0 Å². The van der Waals surface area contributed by atoms with E-state index in [2.05, 4.69) is 9.72 Å². The second kappa shape index (κ2) is 7.65. The van der Waals surface area contributed by atoms with Crippen molar-refractivity contribution in [3.63, 3.8) is 0 Å². The fourth-order valence-electron chi connectivity index (χ4n) is 2.43. The highest BCUT2D eigenvalue weighted by Gasteiger charge is 2.19. The van der Waals surface area contributed by atoms with Crippen LogP contribution in [0.3, 0.4) is 0 Å². The summed E-state index contributed by atoms with van der Waals surface area (Å²) in [5.74, 6) is -0.196. The van der Waals surface area contributed by atoms with E-state index in [1.54, 1.807) is 19.1 Å². The maximum absolute atomic E-state index is 12.4. The third kappa shape index (κ3) is 3.64. The zero-order chi connectivity index (χ0) is 18.5. The third-order valence-corrected chi connectivity index (χ3v) is 3.81. The molecule has 0 unspecified atom stereocenters. The van der Waals surface area contributed by atoms with Crippen molar-refractivity contribution in [1.82, 2.24) is 4.98 Å². The van der Waals surface area contributed by atoms with Crippen molar-refractivity contribution in [3.8, 4) is 11.5 Å². The average Bonchev–Trinajstić information content (AvgIpc) is 3.07. The van der Waals surface area contributed by atoms with Crippen LogP contribution in [0.25, 0.3) is 11.5 Å². The number of carbonyl (C=O) groups excluding carboxylic acids is 2. The third-order valence-electron chi connectivity index (χ3n) is 3.81. The van der Waals surface area contributed by atoms with Gasteiger partial charge in [0, 0.05) is 5.56 Å². The predicted octanol–water partition coefficient (Wildman–Crippen LogP) is 3.79. The minimum absolute atomic E-state index is 0.0590. The van der Waals surface area contributed by atoms with E-state index in [1.807, 2.05) is 30.3 Å². The number of aromatic nitrogens is 1. The first-order valence-corrected chi connectivity index (χ1v) is 7.96. The number of benzene rings is 2. The molecule has 0 fully saturated rings. The smallest absolute Gasteiger partial charge is 0.339 e. The highest BCUT2D eigenvalue weighted by atomic mass is 16.5. The number of hydrogen-bond donors (Lipinski definition) is 0. The summed E-state index contributed by atoms with van der Waals surface area (Å²) in [6, 6.07) is 15.8. The molecule has 0 aliphatic rings. The highest BCUT2D eigenvalue weighted by Crippen LogP contribution is 2.22. The standard InChI is InChI=1S/C20H17NO5/c1-13-17(21-18(26-13)14-8-4-3-5-9-14)12-25-20(23)16-11-7-6-10-15(16)19(22)24-2/h3-11H,12H2,1-2H3. The van der Waals surface area contributed by atoms with E-state index in [0.717, 1.165) is 5.56 Å². The largest absolute Gasteiger partial charge is 0.465 e. The maximum atomic E-state index is 12.4. The average molecular weight is 351 g/mol. The van der Waals surface area contributed by atoms with Crippen LogP contribution in [0.5, 0.6) is 0 Å². The van der Waals surface area contributed by atoms with Crippen molar-refractivity contribution in [3.05, 3.63) is 77.2 Å². The molecule has 26 heavy (non-hydrogen) atoms. The Morgan fingerprint density at radius 3 is 2.23 bits per heavy atom. The Labute approximate surface area is 150 Å². The first-order chi connectivity index (χ1) is 12.6. The van der Waals surface area contributed by atoms with Gasteiger partial charge in [-0.05, 0) is 31.2 Å². The van der Waals surface area contributed by atoms with E-state index < -0.39 is 11.9 Å². The van der Waals surface area contributed by atoms with E-state index >= 15 is 0 Å². The monoisotopic (exact) mass is 351 g/mol. The number of methoxy groups -OCH3 is 1. The van der Waals surface area contributed by atoms with Crippen molar-refractivity contribution in [2.75, 3.05) is 7.11 Å². The van der Waals surface area contributed by atoms with Crippen LogP contribution in [-0.2, 0) is 16.1 Å². The number of aryl methyl sites for hydroxylation is 1. The van der Waals surface area contributed by atoms with Gasteiger partial charge in [0.25, 0.3) is 0 Å². The van der Waals surface area contributed by atoms with Crippen molar-refractivity contribution in [2.45, 2.75) is 13.5 Å². The van der Waals surface area contributed by atoms with Crippen molar-refractivity contribution < 1.29 is 23.5 Å². The van der Waals surface area contributed by atoms with Crippen molar-refractivity contribution in [1.29, 1.82) is 0 Å². The molecule has 0 saturated heterocycles. The van der Waals surface area contributed by atoms with E-state index in [0.29, 0.717) is 17.3 Å². The minimum Gasteiger partial charge on any atom is -0.465 e. The van der Waals surface area contributed by atoms with Crippen LogP contribution in [-0.4, -0.2) is 24.0 Å². The summed E-state index contributed by atoms with van der Waals surface area (Å²) < 4.78 is 15.6. The Hall–Kier alpha value is -3.41. The molecular weight excluding hydrogens is 334 g/mol. The number of nitrogens with zero attached hydrogens (tertiary/aromatic N) is 1. The summed E-state index contributed by atoms with van der Waals surface area (Å²) in [5, 5.41) is 0. The van der Waals surface area contributed by atoms with Crippen LogP contribution < -0.4 is 0 Å². The molecular formula is C20H17NO5. The highest BCUT2D eigenvalue weighted by molar-refractivity contribution is 6.03. The van der Waals surface area contributed by atoms with Gasteiger partial charge in [-0.2, -0.15) is 0 Å². The van der Waals surface area contributed by atoms with Gasteiger partial charge in [-0.25, -0.2) is 14.6 Å². The molecule has 0 aliphatic heterocycles. The lowest BCUT2D eigenvalue weighted by molar-refractivity contribution is 0.0452. The Bertz CT molecular complexity index is 930. The van der Waals surface area contributed by atoms with Crippen LogP contribution in [0.15, 0.2) is 59.0 Å². The number of rotatable bonds is 5. The fourth-order valence-corrected chi connectivity index (χ4v) is 2.43. The van der Waals surface area contributed by atoms with Gasteiger partial charge in [-0.1, -0.05) is 30.3 Å². The molecule has 1 aromatic heterocycles. The van der Waals surface area contributed by atoms with Crippen LogP contribution in [0.1, 0.15) is 32.2 Å². The number of esters is 2. The zero-order valence-corrected chi connectivity index (χ0v) is 14.4. The summed E-state index contributed by atoms with van der Waals surface area (Å²) in [4.78, 5) is 28.5. The molecule has 6 nitrogen and oxygen atoms in total. The van der Waals surface area contributed by atoms with Gasteiger partial charge in [0.05, 0.1) is 18.2 Å². The predicted molar refractivity (Wildman–Crippen MR) is 93.6 cm³/mol. The van der Waals surface area contributed by atoms with E-state index in [4.69, 9.17) is 9.15 Å². The normalized spacial score (nSPS) is 10.4. The molecule has 2 aromatic carbocycles. The van der Waals surface area contributed by atoms with Crippen LogP contribution in [0, 0.1) is 6.92 Å². The molecule has 0 spiro atoms. The Morgan fingerprint density at radius 2 is 1.58 bits per heavy atom. The lowest BCUT2D eigenvalue weighted by Gasteiger charge is -2.07. The van der Waals surface area contributed by atoms with E-state index in [9.17, 15) is 9.59 Å². The first-order valence-electron chi connectivity index (χ1n) is 7.96. The molecule has 0 bridgehead atoms. The maximum Gasteiger partial charge on any atom is 0.339 e. The van der Waals surface area contributed by atoms with Crippen LogP contribution in [0.2, 0.25) is 0 Å². The van der Waals surface area contributed by atoms with Gasteiger partial charge in [0.1, 0.15) is 18.1 Å². The lowest BCUT2D eigenvalue weighted by Crippen LogP contribution is -2.13. The fraction of sp³-hybridized carbons (Fsp3) is 0.150. The zero-order valence-electron chi connectivity index (χ0n) is 14.4. The molecule has 0 amide bonds. The molecule has 1 heterocycles. The molecule has 0 N–H and O–H groups in total. The number of ether oxygens (including phenoxy) is 2. The van der Waals surface area contributed by atoms with Crippen LogP contribution >= 0.6 is 0 Å². The van der Waals surface area contributed by atoms with Gasteiger partial charge in [0.15, 0.2) is 0 Å². The molecule has 3 aromatic rings. The Morgan fingerprint density at radius 1 is 0.962 bits per heavy atom. The molecule has 0 radical (unpaired) electrons. The van der Waals surface area contributed by atoms with Crippen molar-refractivity contribution >= 4 is 11.9 Å². The number of hydrogen-bond acceptors (Lipinski definition) is 6.